The average Bonchev–Trinajstić information content (AvgIpc) is 3.73. The second kappa shape index (κ2) is 16.1. The van der Waals surface area contributed by atoms with Crippen LogP contribution < -0.4 is 21.3 Å². The molecule has 1 aliphatic heterocycles. The maximum Gasteiger partial charge on any atom is 0.270 e. The van der Waals surface area contributed by atoms with Gasteiger partial charge < -0.3 is 35.7 Å². The molecule has 13 nitrogen and oxygen atoms in total. The van der Waals surface area contributed by atoms with E-state index in [0.717, 1.165) is 28.8 Å². The maximum absolute atomic E-state index is 13.5. The zero-order valence-electron chi connectivity index (χ0n) is 28.1. The van der Waals surface area contributed by atoms with Crippen LogP contribution in [-0.4, -0.2) is 87.2 Å². The van der Waals surface area contributed by atoms with E-state index in [1.54, 1.807) is 31.3 Å². The lowest BCUT2D eigenvalue weighted by Gasteiger charge is -2.25. The normalized spacial score (nSPS) is 18.8. The molecule has 0 saturated heterocycles. The summed E-state index contributed by atoms with van der Waals surface area (Å²) >= 11 is 0. The predicted molar refractivity (Wildman–Crippen MR) is 185 cm³/mol. The molecule has 0 radical (unpaired) electrons. The van der Waals surface area contributed by atoms with Crippen LogP contribution in [0.15, 0.2) is 66.9 Å². The van der Waals surface area contributed by atoms with Crippen molar-refractivity contribution in [1.82, 2.24) is 40.7 Å². The fraction of sp³-hybridized carbons (Fsp3) is 0.389. The lowest BCUT2D eigenvalue weighted by Crippen LogP contribution is -2.55. The lowest BCUT2D eigenvalue weighted by atomic mass is 10.0. The molecule has 5 amide bonds. The number of hydrogen-bond donors (Lipinski definition) is 5. The van der Waals surface area contributed by atoms with Gasteiger partial charge >= 0.3 is 0 Å². The highest BCUT2D eigenvalue weighted by Gasteiger charge is 2.27. The van der Waals surface area contributed by atoms with Crippen molar-refractivity contribution >= 4 is 40.6 Å². The Hall–Kier alpha value is -5.46. The minimum atomic E-state index is -1.02. The van der Waals surface area contributed by atoms with Gasteiger partial charge in [-0.3, -0.25) is 24.0 Å². The number of carbonyl (C=O) groups excluding carboxylic acids is 5. The summed E-state index contributed by atoms with van der Waals surface area (Å²) in [6, 6.07) is 15.9. The molecule has 13 heteroatoms. The number of nitrogens with one attached hydrogen (secondary N) is 5. The summed E-state index contributed by atoms with van der Waals surface area (Å²) in [6.07, 6.45) is 3.11. The van der Waals surface area contributed by atoms with Crippen LogP contribution in [0.4, 0.5) is 0 Å². The first kappa shape index (κ1) is 34.9. The van der Waals surface area contributed by atoms with Crippen LogP contribution in [0.5, 0.6) is 0 Å². The quantitative estimate of drug-likeness (QED) is 0.218. The molecule has 5 N–H and O–H groups in total. The Balaban J connectivity index is 1.43. The van der Waals surface area contributed by atoms with Crippen LogP contribution in [-0.2, 0) is 33.8 Å². The highest BCUT2D eigenvalue weighted by molar-refractivity contribution is 5.98. The molecule has 2 atom stereocenters. The summed E-state index contributed by atoms with van der Waals surface area (Å²) in [4.78, 5) is 75.8. The van der Waals surface area contributed by atoms with E-state index in [-0.39, 0.29) is 43.6 Å². The maximum atomic E-state index is 13.5. The minimum Gasteiger partial charge on any atom is -0.357 e. The van der Waals surface area contributed by atoms with Crippen molar-refractivity contribution in [1.29, 1.82) is 0 Å². The summed E-state index contributed by atoms with van der Waals surface area (Å²) in [5.41, 5.74) is 3.10. The highest BCUT2D eigenvalue weighted by atomic mass is 16.2. The van der Waals surface area contributed by atoms with E-state index in [9.17, 15) is 24.0 Å². The third kappa shape index (κ3) is 9.12. The number of aromatic nitrogens is 3. The van der Waals surface area contributed by atoms with Crippen LogP contribution in [0.2, 0.25) is 0 Å². The van der Waals surface area contributed by atoms with E-state index in [2.05, 4.69) is 44.7 Å². The van der Waals surface area contributed by atoms with Gasteiger partial charge in [-0.2, -0.15) is 0 Å². The standard InChI is InChI=1S/C36H44N8O5/c1-23(2)19-31-41-27-13-12-26-21-30(27)44(31)17-8-15-38-33(46)24(3)40-35(48)29(20-25-9-5-4-6-10-25)42-32(45)22-43(18-16-39-34(26)47)36(49)28-11-7-14-37-28/h4-7,9-14,21,23-24,29,37H,8,15-20,22H2,1-3H3,(H,38,46)(H,39,47)(H,40,48)(H,42,45)/t24-,29+/m1/s1. The van der Waals surface area contributed by atoms with E-state index in [0.29, 0.717) is 31.0 Å². The first-order valence-corrected chi connectivity index (χ1v) is 16.7. The molecular formula is C36H44N8O5. The fourth-order valence-corrected chi connectivity index (χ4v) is 5.83. The Bertz CT molecular complexity index is 1780. The Morgan fingerprint density at radius 2 is 1.71 bits per heavy atom. The fourth-order valence-electron chi connectivity index (χ4n) is 5.83. The Labute approximate surface area is 285 Å². The molecule has 0 aliphatic carbocycles. The summed E-state index contributed by atoms with van der Waals surface area (Å²) in [7, 11) is 0. The number of hydrogen-bond acceptors (Lipinski definition) is 6. The lowest BCUT2D eigenvalue weighted by molar-refractivity contribution is -0.132. The van der Waals surface area contributed by atoms with E-state index in [4.69, 9.17) is 4.98 Å². The van der Waals surface area contributed by atoms with Gasteiger partial charge in [-0.15, -0.1) is 0 Å². The number of benzene rings is 2. The van der Waals surface area contributed by atoms with E-state index in [1.165, 1.54) is 4.90 Å². The first-order valence-electron chi connectivity index (χ1n) is 16.7. The molecule has 2 aromatic carbocycles. The van der Waals surface area contributed by atoms with Gasteiger partial charge in [0.15, 0.2) is 0 Å². The van der Waals surface area contributed by atoms with Gasteiger partial charge in [-0.25, -0.2) is 4.98 Å². The first-order chi connectivity index (χ1) is 23.6. The molecule has 0 spiro atoms. The SMILES string of the molecule is CC(C)Cc1nc2ccc3cc2n1CCCNC(=O)[C@@H](C)NC(=O)[C@H](Cc1ccccc1)NC(=O)CN(C(=O)c1ccc[nH]1)CCNC3=O. The third-order valence-electron chi connectivity index (χ3n) is 8.34. The largest absolute Gasteiger partial charge is 0.357 e. The van der Waals surface area contributed by atoms with Gasteiger partial charge in [0, 0.05) is 50.8 Å². The van der Waals surface area contributed by atoms with Crippen molar-refractivity contribution in [3.05, 3.63) is 89.5 Å². The second-order valence-corrected chi connectivity index (χ2v) is 12.7. The summed E-state index contributed by atoms with van der Waals surface area (Å²) < 4.78 is 2.09. The Morgan fingerprint density at radius 1 is 0.918 bits per heavy atom. The van der Waals surface area contributed by atoms with Gasteiger partial charge in [-0.05, 0) is 55.2 Å². The molecule has 2 aromatic heterocycles. The minimum absolute atomic E-state index is 0.0302. The van der Waals surface area contributed by atoms with Crippen LogP contribution in [0.1, 0.15) is 59.4 Å². The van der Waals surface area contributed by atoms with Gasteiger partial charge in [-0.1, -0.05) is 44.2 Å². The average molecular weight is 669 g/mol. The molecule has 0 saturated carbocycles. The third-order valence-corrected chi connectivity index (χ3v) is 8.34. The van der Waals surface area contributed by atoms with Gasteiger partial charge in [0.2, 0.25) is 17.7 Å². The number of carbonyl (C=O) groups is 5. The second-order valence-electron chi connectivity index (χ2n) is 12.7. The van der Waals surface area contributed by atoms with Crippen molar-refractivity contribution in [2.24, 2.45) is 5.92 Å². The molecular weight excluding hydrogens is 624 g/mol. The number of aromatic amines is 1. The van der Waals surface area contributed by atoms with Crippen molar-refractivity contribution in [2.75, 3.05) is 26.2 Å². The molecule has 5 rings (SSSR count). The van der Waals surface area contributed by atoms with Gasteiger partial charge in [0.25, 0.3) is 11.8 Å². The van der Waals surface area contributed by atoms with E-state index in [1.807, 2.05) is 42.5 Å². The molecule has 4 aromatic rings. The number of H-pyrrole nitrogens is 1. The zero-order valence-corrected chi connectivity index (χ0v) is 28.1. The Morgan fingerprint density at radius 3 is 2.45 bits per heavy atom. The summed E-state index contributed by atoms with van der Waals surface area (Å²) in [6.45, 7) is 6.49. The van der Waals surface area contributed by atoms with E-state index >= 15 is 0 Å². The van der Waals surface area contributed by atoms with Crippen molar-refractivity contribution in [3.8, 4) is 0 Å². The molecule has 49 heavy (non-hydrogen) atoms. The number of imidazole rings is 1. The van der Waals surface area contributed by atoms with Crippen LogP contribution in [0, 0.1) is 5.92 Å². The van der Waals surface area contributed by atoms with Crippen molar-refractivity contribution in [2.45, 2.75) is 58.7 Å². The van der Waals surface area contributed by atoms with Crippen molar-refractivity contribution in [3.63, 3.8) is 0 Å². The van der Waals surface area contributed by atoms with Crippen LogP contribution in [0.25, 0.3) is 11.0 Å². The molecule has 0 fully saturated rings. The molecule has 0 unspecified atom stereocenters. The smallest absolute Gasteiger partial charge is 0.270 e. The highest BCUT2D eigenvalue weighted by Crippen LogP contribution is 2.21. The number of rotatable bonds is 5. The molecule has 2 bridgehead atoms. The number of nitrogens with zero attached hydrogens (tertiary/aromatic N) is 3. The number of amides is 5. The van der Waals surface area contributed by atoms with Gasteiger partial charge in [0.05, 0.1) is 17.6 Å². The van der Waals surface area contributed by atoms with Gasteiger partial charge in [0.1, 0.15) is 23.6 Å². The van der Waals surface area contributed by atoms with Crippen LogP contribution >= 0.6 is 0 Å². The zero-order chi connectivity index (χ0) is 34.9. The van der Waals surface area contributed by atoms with E-state index < -0.39 is 29.8 Å². The molecule has 3 heterocycles. The number of fused-ring (bicyclic) bond motifs is 1. The molecule has 258 valence electrons. The molecule has 1 aliphatic rings. The Kier molecular flexibility index (Phi) is 11.4. The monoisotopic (exact) mass is 668 g/mol. The topological polar surface area (TPSA) is 170 Å². The van der Waals surface area contributed by atoms with Crippen LogP contribution in [0.3, 0.4) is 0 Å². The predicted octanol–water partition coefficient (Wildman–Crippen LogP) is 2.19. The summed E-state index contributed by atoms with van der Waals surface area (Å²) in [5, 5.41) is 11.3. The van der Waals surface area contributed by atoms with Crippen molar-refractivity contribution < 1.29 is 24.0 Å². The summed E-state index contributed by atoms with van der Waals surface area (Å²) in [5.74, 6) is -0.973. The number of aryl methyl sites for hydroxylation is 1.